The highest BCUT2D eigenvalue weighted by Crippen LogP contribution is 2.36. The number of hydrogen-bond acceptors (Lipinski definition) is 3. The van der Waals surface area contributed by atoms with Gasteiger partial charge < -0.3 is 15.6 Å². The van der Waals surface area contributed by atoms with Crippen LogP contribution in [0.25, 0.3) is 0 Å². The van der Waals surface area contributed by atoms with Crippen molar-refractivity contribution < 1.29 is 23.0 Å². The standard InChI is InChI=1S/C11H14F3NO2.ClH/c1-2-17-9-5-3-4-7(10(9)16)8(15)6-11(12,13)14;/h3-5,8,16H,2,6,15H2,1H3;1H/t8-;/m1./s1. The van der Waals surface area contributed by atoms with Gasteiger partial charge in [-0.25, -0.2) is 0 Å². The molecule has 7 heteroatoms. The molecule has 0 bridgehead atoms. The monoisotopic (exact) mass is 285 g/mol. The summed E-state index contributed by atoms with van der Waals surface area (Å²) >= 11 is 0. The van der Waals surface area contributed by atoms with E-state index in [1.165, 1.54) is 18.2 Å². The molecule has 0 aliphatic heterocycles. The van der Waals surface area contributed by atoms with E-state index in [4.69, 9.17) is 10.5 Å². The molecule has 0 spiro atoms. The van der Waals surface area contributed by atoms with Crippen LogP contribution in [-0.4, -0.2) is 17.9 Å². The number of aromatic hydroxyl groups is 1. The molecule has 0 fully saturated rings. The highest BCUT2D eigenvalue weighted by Gasteiger charge is 2.32. The zero-order valence-corrected chi connectivity index (χ0v) is 10.5. The fourth-order valence-corrected chi connectivity index (χ4v) is 1.47. The van der Waals surface area contributed by atoms with Crippen LogP contribution < -0.4 is 10.5 Å². The molecule has 0 amide bonds. The molecule has 0 aliphatic carbocycles. The van der Waals surface area contributed by atoms with Gasteiger partial charge in [-0.15, -0.1) is 12.4 Å². The van der Waals surface area contributed by atoms with Gasteiger partial charge in [-0.2, -0.15) is 13.2 Å². The van der Waals surface area contributed by atoms with Gasteiger partial charge in [-0.05, 0) is 13.0 Å². The Hall–Kier alpha value is -1.14. The number of para-hydroxylation sites is 1. The van der Waals surface area contributed by atoms with Crippen LogP contribution >= 0.6 is 12.4 Å². The van der Waals surface area contributed by atoms with Crippen LogP contribution in [0.4, 0.5) is 13.2 Å². The van der Waals surface area contributed by atoms with E-state index in [1.807, 2.05) is 0 Å². The quantitative estimate of drug-likeness (QED) is 0.893. The Morgan fingerprint density at radius 1 is 1.39 bits per heavy atom. The highest BCUT2D eigenvalue weighted by atomic mass is 35.5. The number of hydrogen-bond donors (Lipinski definition) is 2. The summed E-state index contributed by atoms with van der Waals surface area (Å²) in [6, 6.07) is 3.03. The van der Waals surface area contributed by atoms with Crippen LogP contribution in [0.3, 0.4) is 0 Å². The molecule has 3 N–H and O–H groups in total. The number of alkyl halides is 3. The Morgan fingerprint density at radius 3 is 2.50 bits per heavy atom. The second-order valence-corrected chi connectivity index (χ2v) is 3.55. The first-order valence-electron chi connectivity index (χ1n) is 5.12. The number of ether oxygens (including phenoxy) is 1. The average Bonchev–Trinajstić information content (AvgIpc) is 2.18. The third-order valence-electron chi connectivity index (χ3n) is 2.18. The minimum Gasteiger partial charge on any atom is -0.504 e. The molecule has 18 heavy (non-hydrogen) atoms. The molecule has 0 aliphatic rings. The Morgan fingerprint density at radius 2 is 2.00 bits per heavy atom. The van der Waals surface area contributed by atoms with E-state index in [-0.39, 0.29) is 29.5 Å². The SMILES string of the molecule is CCOc1cccc([C@H](N)CC(F)(F)F)c1O.Cl. The van der Waals surface area contributed by atoms with Crippen LogP contribution in [0, 0.1) is 0 Å². The molecule has 1 rings (SSSR count). The topological polar surface area (TPSA) is 55.5 Å². The third-order valence-corrected chi connectivity index (χ3v) is 2.18. The predicted octanol–water partition coefficient (Wildman–Crippen LogP) is 3.16. The lowest BCUT2D eigenvalue weighted by atomic mass is 10.0. The van der Waals surface area contributed by atoms with Crippen LogP contribution in [0.5, 0.6) is 11.5 Å². The summed E-state index contributed by atoms with van der Waals surface area (Å²) < 4.78 is 41.6. The van der Waals surface area contributed by atoms with Crippen molar-refractivity contribution in [1.29, 1.82) is 0 Å². The summed E-state index contributed by atoms with van der Waals surface area (Å²) in [4.78, 5) is 0. The van der Waals surface area contributed by atoms with Crippen molar-refractivity contribution in [3.63, 3.8) is 0 Å². The van der Waals surface area contributed by atoms with Crippen molar-refractivity contribution >= 4 is 12.4 Å². The Kier molecular flexibility index (Phi) is 6.28. The Balaban J connectivity index is 0.00000289. The average molecular weight is 286 g/mol. The summed E-state index contributed by atoms with van der Waals surface area (Å²) in [5, 5.41) is 9.71. The van der Waals surface area contributed by atoms with Gasteiger partial charge in [-0.1, -0.05) is 12.1 Å². The normalized spacial score (nSPS) is 12.7. The fraction of sp³-hybridized carbons (Fsp3) is 0.455. The molecule has 1 aromatic carbocycles. The summed E-state index contributed by atoms with van der Waals surface area (Å²) in [5.41, 5.74) is 5.45. The van der Waals surface area contributed by atoms with Crippen LogP contribution in [0.15, 0.2) is 18.2 Å². The molecular formula is C11H15ClF3NO2. The highest BCUT2D eigenvalue weighted by molar-refractivity contribution is 5.85. The van der Waals surface area contributed by atoms with Crippen molar-refractivity contribution in [2.24, 2.45) is 5.73 Å². The molecule has 1 aromatic rings. The largest absolute Gasteiger partial charge is 0.504 e. The van der Waals surface area contributed by atoms with E-state index in [2.05, 4.69) is 0 Å². The first-order valence-corrected chi connectivity index (χ1v) is 5.12. The minimum absolute atomic E-state index is 0. The molecule has 0 radical (unpaired) electrons. The van der Waals surface area contributed by atoms with E-state index in [0.29, 0.717) is 6.61 Å². The second kappa shape index (κ2) is 6.70. The van der Waals surface area contributed by atoms with Crippen molar-refractivity contribution in [2.45, 2.75) is 25.6 Å². The molecule has 0 heterocycles. The number of phenolic OH excluding ortho intramolecular Hbond substituents is 1. The number of nitrogens with two attached hydrogens (primary N) is 1. The van der Waals surface area contributed by atoms with E-state index >= 15 is 0 Å². The van der Waals surface area contributed by atoms with Gasteiger partial charge in [0.15, 0.2) is 11.5 Å². The zero-order valence-electron chi connectivity index (χ0n) is 9.70. The number of halogens is 4. The van der Waals surface area contributed by atoms with Crippen LogP contribution in [-0.2, 0) is 0 Å². The summed E-state index contributed by atoms with van der Waals surface area (Å²) in [7, 11) is 0. The van der Waals surface area contributed by atoms with Crippen molar-refractivity contribution in [1.82, 2.24) is 0 Å². The van der Waals surface area contributed by atoms with E-state index in [1.54, 1.807) is 6.92 Å². The smallest absolute Gasteiger partial charge is 0.390 e. The van der Waals surface area contributed by atoms with Crippen LogP contribution in [0.2, 0.25) is 0 Å². The summed E-state index contributed by atoms with van der Waals surface area (Å²) in [6.07, 6.45) is -5.55. The van der Waals surface area contributed by atoms with Crippen molar-refractivity contribution in [2.75, 3.05) is 6.61 Å². The number of phenols is 1. The molecule has 1 atom stereocenters. The lowest BCUT2D eigenvalue weighted by molar-refractivity contribution is -0.138. The van der Waals surface area contributed by atoms with E-state index < -0.39 is 18.6 Å². The molecule has 0 saturated carbocycles. The van der Waals surface area contributed by atoms with Crippen molar-refractivity contribution in [3.05, 3.63) is 23.8 Å². The van der Waals surface area contributed by atoms with Gasteiger partial charge in [0.05, 0.1) is 13.0 Å². The molecule has 3 nitrogen and oxygen atoms in total. The molecule has 0 saturated heterocycles. The lowest BCUT2D eigenvalue weighted by Gasteiger charge is -2.17. The molecular weight excluding hydrogens is 271 g/mol. The Bertz CT molecular complexity index is 385. The first-order chi connectivity index (χ1) is 7.85. The summed E-state index contributed by atoms with van der Waals surface area (Å²) in [6.45, 7) is 2.02. The fourth-order valence-electron chi connectivity index (χ4n) is 1.47. The van der Waals surface area contributed by atoms with Crippen molar-refractivity contribution in [3.8, 4) is 11.5 Å². The van der Waals surface area contributed by atoms with Gasteiger partial charge in [0.1, 0.15) is 0 Å². The lowest BCUT2D eigenvalue weighted by Crippen LogP contribution is -2.20. The van der Waals surface area contributed by atoms with Gasteiger partial charge in [0.2, 0.25) is 0 Å². The number of benzene rings is 1. The maximum atomic E-state index is 12.2. The molecule has 104 valence electrons. The Labute approximate surface area is 109 Å². The first kappa shape index (κ1) is 16.9. The second-order valence-electron chi connectivity index (χ2n) is 3.55. The van der Waals surface area contributed by atoms with Gasteiger partial charge in [-0.3, -0.25) is 0 Å². The van der Waals surface area contributed by atoms with Gasteiger partial charge >= 0.3 is 6.18 Å². The zero-order chi connectivity index (χ0) is 13.1. The van der Waals surface area contributed by atoms with Gasteiger partial charge in [0.25, 0.3) is 0 Å². The third kappa shape index (κ3) is 4.62. The summed E-state index contributed by atoms with van der Waals surface area (Å²) in [5.74, 6) is -0.186. The van der Waals surface area contributed by atoms with Crippen LogP contribution in [0.1, 0.15) is 24.9 Å². The number of rotatable bonds is 4. The minimum atomic E-state index is -4.37. The van der Waals surface area contributed by atoms with E-state index in [9.17, 15) is 18.3 Å². The maximum absolute atomic E-state index is 12.2. The van der Waals surface area contributed by atoms with E-state index in [0.717, 1.165) is 0 Å². The molecule has 0 unspecified atom stereocenters. The predicted molar refractivity (Wildman–Crippen MR) is 64.1 cm³/mol. The maximum Gasteiger partial charge on any atom is 0.390 e. The molecule has 0 aromatic heterocycles. The van der Waals surface area contributed by atoms with Gasteiger partial charge in [0, 0.05) is 11.6 Å².